The van der Waals surface area contributed by atoms with Gasteiger partial charge in [-0.25, -0.2) is 9.78 Å². The van der Waals surface area contributed by atoms with Gasteiger partial charge in [0.15, 0.2) is 10.8 Å². The first kappa shape index (κ1) is 40.2. The molecule has 2 aliphatic rings. The van der Waals surface area contributed by atoms with Crippen LogP contribution in [-0.2, 0) is 49.0 Å². The van der Waals surface area contributed by atoms with Crippen molar-refractivity contribution >= 4 is 57.2 Å². The fourth-order valence-corrected chi connectivity index (χ4v) is 7.51. The Labute approximate surface area is 295 Å². The van der Waals surface area contributed by atoms with Crippen LogP contribution < -0.4 is 10.6 Å². The summed E-state index contributed by atoms with van der Waals surface area (Å²) in [6, 6.07) is -1.18. The lowest BCUT2D eigenvalue weighted by molar-refractivity contribution is -0.159. The van der Waals surface area contributed by atoms with E-state index in [9.17, 15) is 23.4 Å². The van der Waals surface area contributed by atoms with Crippen LogP contribution in [0.5, 0.6) is 0 Å². The molecule has 3 heterocycles. The van der Waals surface area contributed by atoms with Crippen LogP contribution in [0.2, 0.25) is 0 Å². The highest BCUT2D eigenvalue weighted by molar-refractivity contribution is 7.86. The molecule has 2 N–H and O–H groups in total. The molecule has 1 saturated heterocycles. The number of anilines is 1. The van der Waals surface area contributed by atoms with E-state index in [1.165, 1.54) is 57.1 Å². The zero-order valence-corrected chi connectivity index (χ0v) is 30.5. The third kappa shape index (κ3) is 12.6. The normalized spacial score (nSPS) is 18.8. The molecule has 3 amide bonds. The summed E-state index contributed by atoms with van der Waals surface area (Å²) in [6.45, 7) is 5.74. The molecule has 49 heavy (non-hydrogen) atoms. The number of thiazole rings is 1. The Bertz CT molecular complexity index is 1280. The average molecular weight is 726 g/mol. The van der Waals surface area contributed by atoms with Gasteiger partial charge in [0.05, 0.1) is 24.0 Å². The molecule has 14 nitrogen and oxygen atoms in total. The van der Waals surface area contributed by atoms with Gasteiger partial charge in [0.1, 0.15) is 36.0 Å². The van der Waals surface area contributed by atoms with Gasteiger partial charge in [-0.2, -0.15) is 0 Å². The third-order valence-electron chi connectivity index (χ3n) is 8.00. The number of aromatic nitrogens is 1. The lowest BCUT2D eigenvalue weighted by atomic mass is 10.0. The van der Waals surface area contributed by atoms with Crippen molar-refractivity contribution in [3.05, 3.63) is 22.8 Å². The van der Waals surface area contributed by atoms with Crippen molar-refractivity contribution < 1.29 is 42.4 Å². The summed E-state index contributed by atoms with van der Waals surface area (Å²) < 4.78 is 30.6. The molecule has 0 aliphatic carbocycles. The van der Waals surface area contributed by atoms with Crippen LogP contribution in [0.3, 0.4) is 0 Å². The molecule has 1 fully saturated rings. The van der Waals surface area contributed by atoms with E-state index in [2.05, 4.69) is 34.6 Å². The summed E-state index contributed by atoms with van der Waals surface area (Å²) in [5.41, 5.74) is -0.174. The van der Waals surface area contributed by atoms with Crippen molar-refractivity contribution in [1.29, 1.82) is 0 Å². The Hall–Kier alpha value is -3.21. The Balaban J connectivity index is 1.59. The number of nitrogens with zero attached hydrogens (tertiary/aromatic N) is 3. The maximum Gasteiger partial charge on any atom is 0.355 e. The first-order chi connectivity index (χ1) is 23.9. The Morgan fingerprint density at radius 3 is 2.24 bits per heavy atom. The predicted molar refractivity (Wildman–Crippen MR) is 187 cm³/mol. The molecular formula is C33H51N5O9S2. The van der Waals surface area contributed by atoms with E-state index in [0.29, 0.717) is 19.6 Å². The molecule has 0 saturated carbocycles. The van der Waals surface area contributed by atoms with Gasteiger partial charge in [-0.3, -0.25) is 23.5 Å². The topological polar surface area (TPSA) is 175 Å². The SMILES string of the molecule is CCCCCCCCOCC(COCCCCCCCC)OC(=O)C1=CCS(=O)[C@@H]2C(NC(=O)/C(=N\OC)c3csc(NC=O)n3)C(=O)N12. The van der Waals surface area contributed by atoms with Gasteiger partial charge < -0.3 is 29.7 Å². The predicted octanol–water partition coefficient (Wildman–Crippen LogP) is 4.03. The number of β-lactam (4-membered cyclic amide) rings is 1. The highest BCUT2D eigenvalue weighted by Gasteiger charge is 2.56. The minimum absolute atomic E-state index is 0.00912. The Morgan fingerprint density at radius 1 is 1.04 bits per heavy atom. The maximum absolute atomic E-state index is 13.4. The van der Waals surface area contributed by atoms with Crippen LogP contribution >= 0.6 is 11.3 Å². The second-order valence-corrected chi connectivity index (χ2v) is 14.3. The summed E-state index contributed by atoms with van der Waals surface area (Å²) in [6.07, 6.45) is 14.7. The van der Waals surface area contributed by atoms with Crippen molar-refractivity contribution in [2.24, 2.45) is 5.16 Å². The largest absolute Gasteiger partial charge is 0.453 e. The van der Waals surface area contributed by atoms with Crippen LogP contribution in [0.1, 0.15) is 96.6 Å². The standard InChI is InChI=1S/C33H51N5O9S2/c1-4-6-8-10-12-14-17-45-20-24(21-46-18-15-13-11-9-7-5-2)47-32(42)26-16-19-49(43)31-28(30(41)38(26)31)36-29(40)27(37-44-3)25-22-48-33(35-25)34-23-39/h16,22-24,28,31H,4-15,17-21H2,1-3H3,(H,36,40)(H,34,35,39)/b37-27-/t28?,31-,49?/m1/s1. The first-order valence-electron chi connectivity index (χ1n) is 17.2. The van der Waals surface area contributed by atoms with E-state index in [-0.39, 0.29) is 41.2 Å². The van der Waals surface area contributed by atoms with Gasteiger partial charge in [-0.05, 0) is 18.9 Å². The summed E-state index contributed by atoms with van der Waals surface area (Å²) in [7, 11) is -0.361. The number of esters is 1. The number of hydrogen-bond donors (Lipinski definition) is 2. The molecule has 274 valence electrons. The Morgan fingerprint density at radius 2 is 1.65 bits per heavy atom. The van der Waals surface area contributed by atoms with Gasteiger partial charge >= 0.3 is 5.97 Å². The monoisotopic (exact) mass is 725 g/mol. The molecule has 1 aromatic heterocycles. The number of nitrogens with one attached hydrogen (secondary N) is 2. The van der Waals surface area contributed by atoms with Crippen LogP contribution in [0, 0.1) is 0 Å². The van der Waals surface area contributed by atoms with E-state index in [0.717, 1.165) is 54.8 Å². The maximum atomic E-state index is 13.4. The molecule has 0 bridgehead atoms. The first-order valence-corrected chi connectivity index (χ1v) is 19.5. The Kier molecular flexibility index (Phi) is 18.5. The van der Waals surface area contributed by atoms with Crippen LogP contribution in [0.15, 0.2) is 22.3 Å². The quantitative estimate of drug-likeness (QED) is 0.0355. The van der Waals surface area contributed by atoms with Crippen molar-refractivity contribution in [3.8, 4) is 0 Å². The number of fused-ring (bicyclic) bond motifs is 1. The van der Waals surface area contributed by atoms with Crippen LogP contribution in [0.4, 0.5) is 5.13 Å². The lowest BCUT2D eigenvalue weighted by Gasteiger charge is -2.48. The van der Waals surface area contributed by atoms with Crippen molar-refractivity contribution in [3.63, 3.8) is 0 Å². The van der Waals surface area contributed by atoms with Crippen molar-refractivity contribution in [2.45, 2.75) is 108 Å². The van der Waals surface area contributed by atoms with Crippen LogP contribution in [0.25, 0.3) is 0 Å². The van der Waals surface area contributed by atoms with E-state index in [1.54, 1.807) is 0 Å². The highest BCUT2D eigenvalue weighted by atomic mass is 32.2. The second kappa shape index (κ2) is 22.5. The number of unbranched alkanes of at least 4 members (excludes halogenated alkanes) is 10. The molecule has 0 radical (unpaired) electrons. The number of hydrogen-bond acceptors (Lipinski definition) is 12. The van der Waals surface area contributed by atoms with E-state index < -0.39 is 46.1 Å². The van der Waals surface area contributed by atoms with Crippen LogP contribution in [-0.4, -0.2) is 101 Å². The zero-order chi connectivity index (χ0) is 35.4. The molecule has 3 rings (SSSR count). The number of carbonyl (C=O) groups excluding carboxylic acids is 4. The number of ether oxygens (including phenoxy) is 3. The highest BCUT2D eigenvalue weighted by Crippen LogP contribution is 2.33. The van der Waals surface area contributed by atoms with Gasteiger partial charge in [0.25, 0.3) is 11.8 Å². The number of carbonyl (C=O) groups is 4. The minimum atomic E-state index is -1.60. The molecule has 2 unspecified atom stereocenters. The fourth-order valence-electron chi connectivity index (χ4n) is 5.39. The number of amides is 3. The zero-order valence-electron chi connectivity index (χ0n) is 28.8. The molecule has 0 spiro atoms. The smallest absolute Gasteiger partial charge is 0.355 e. The molecular weight excluding hydrogens is 675 g/mol. The second-order valence-electron chi connectivity index (χ2n) is 11.8. The summed E-state index contributed by atoms with van der Waals surface area (Å²) in [5.74, 6) is -2.19. The van der Waals surface area contributed by atoms with E-state index in [4.69, 9.17) is 19.0 Å². The summed E-state index contributed by atoms with van der Waals surface area (Å²) >= 11 is 1.06. The molecule has 3 atom stereocenters. The fraction of sp³-hybridized carbons (Fsp3) is 0.697. The minimum Gasteiger partial charge on any atom is -0.453 e. The van der Waals surface area contributed by atoms with E-state index in [1.807, 2.05) is 0 Å². The van der Waals surface area contributed by atoms with Gasteiger partial charge in [0, 0.05) is 24.3 Å². The van der Waals surface area contributed by atoms with Crippen molar-refractivity contribution in [1.82, 2.24) is 15.2 Å². The summed E-state index contributed by atoms with van der Waals surface area (Å²) in [5, 5.41) is 9.40. The van der Waals surface area contributed by atoms with E-state index >= 15 is 0 Å². The van der Waals surface area contributed by atoms with Gasteiger partial charge in [-0.15, -0.1) is 11.3 Å². The molecule has 0 aromatic carbocycles. The molecule has 2 aliphatic heterocycles. The van der Waals surface area contributed by atoms with Crippen molar-refractivity contribution in [2.75, 3.05) is 44.6 Å². The number of oxime groups is 1. The van der Waals surface area contributed by atoms with Gasteiger partial charge in [-0.1, -0.05) is 83.2 Å². The lowest BCUT2D eigenvalue weighted by Crippen LogP contribution is -2.73. The summed E-state index contributed by atoms with van der Waals surface area (Å²) in [4.78, 5) is 60.7. The number of rotatable bonds is 26. The average Bonchev–Trinajstić information content (AvgIpc) is 3.56. The third-order valence-corrected chi connectivity index (χ3v) is 10.3. The molecule has 16 heteroatoms. The van der Waals surface area contributed by atoms with Gasteiger partial charge in [0.2, 0.25) is 6.41 Å². The molecule has 1 aromatic rings.